The molecule has 0 radical (unpaired) electrons. The van der Waals surface area contributed by atoms with E-state index in [9.17, 15) is 4.39 Å². The second-order valence-corrected chi connectivity index (χ2v) is 5.50. The molecule has 0 fully saturated rings. The highest BCUT2D eigenvalue weighted by atomic mass is 79.9. The van der Waals surface area contributed by atoms with Gasteiger partial charge in [0.1, 0.15) is 0 Å². The molecular formula is C10H3Br2Cl2FN2. The summed E-state index contributed by atoms with van der Waals surface area (Å²) in [6.45, 7) is 0. The first kappa shape index (κ1) is 13.2. The van der Waals surface area contributed by atoms with E-state index in [0.717, 1.165) is 8.95 Å². The van der Waals surface area contributed by atoms with Gasteiger partial charge in [-0.15, -0.1) is 0 Å². The van der Waals surface area contributed by atoms with Gasteiger partial charge in [0.2, 0.25) is 0 Å². The van der Waals surface area contributed by atoms with Crippen molar-refractivity contribution in [3.8, 4) is 11.4 Å². The Labute approximate surface area is 123 Å². The maximum Gasteiger partial charge on any atom is 0.197 e. The Morgan fingerprint density at radius 2 is 1.59 bits per heavy atom. The van der Waals surface area contributed by atoms with Crippen LogP contribution in [-0.4, -0.2) is 9.97 Å². The molecular weight excluding hydrogens is 398 g/mol. The summed E-state index contributed by atoms with van der Waals surface area (Å²) in [6.07, 6.45) is 0. The Bertz CT molecular complexity index is 570. The van der Waals surface area contributed by atoms with Gasteiger partial charge in [0.25, 0.3) is 0 Å². The van der Waals surface area contributed by atoms with Crippen LogP contribution in [0.2, 0.25) is 10.3 Å². The topological polar surface area (TPSA) is 25.8 Å². The van der Waals surface area contributed by atoms with Crippen LogP contribution in [0.4, 0.5) is 4.39 Å². The third kappa shape index (κ3) is 2.78. The van der Waals surface area contributed by atoms with Crippen molar-refractivity contribution in [2.24, 2.45) is 0 Å². The molecule has 0 amide bonds. The fraction of sp³-hybridized carbons (Fsp3) is 0. The monoisotopic (exact) mass is 398 g/mol. The Hall–Kier alpha value is -0.230. The molecule has 0 saturated heterocycles. The summed E-state index contributed by atoms with van der Waals surface area (Å²) in [5, 5.41) is -0.585. The predicted molar refractivity (Wildman–Crippen MR) is 72.8 cm³/mol. The lowest BCUT2D eigenvalue weighted by atomic mass is 10.2. The predicted octanol–water partition coefficient (Wildman–Crippen LogP) is 5.11. The molecule has 2 rings (SSSR count). The van der Waals surface area contributed by atoms with E-state index < -0.39 is 5.82 Å². The fourth-order valence-electron chi connectivity index (χ4n) is 1.16. The van der Waals surface area contributed by atoms with Gasteiger partial charge in [0, 0.05) is 14.5 Å². The number of halogens is 5. The molecule has 7 heteroatoms. The molecule has 88 valence electrons. The van der Waals surface area contributed by atoms with Gasteiger partial charge < -0.3 is 0 Å². The van der Waals surface area contributed by atoms with Crippen molar-refractivity contribution < 1.29 is 4.39 Å². The van der Waals surface area contributed by atoms with Crippen molar-refractivity contribution in [1.82, 2.24) is 9.97 Å². The molecule has 0 bridgehead atoms. The molecule has 0 saturated carbocycles. The zero-order chi connectivity index (χ0) is 12.6. The lowest BCUT2D eigenvalue weighted by Gasteiger charge is -2.04. The van der Waals surface area contributed by atoms with Crippen LogP contribution in [0, 0.1) is 5.82 Å². The Kier molecular flexibility index (Phi) is 4.02. The van der Waals surface area contributed by atoms with Crippen LogP contribution in [0.1, 0.15) is 0 Å². The van der Waals surface area contributed by atoms with Crippen LogP contribution >= 0.6 is 55.1 Å². The Morgan fingerprint density at radius 3 is 2.12 bits per heavy atom. The van der Waals surface area contributed by atoms with Crippen molar-refractivity contribution in [2.75, 3.05) is 0 Å². The normalized spacial score (nSPS) is 10.6. The molecule has 0 N–H and O–H groups in total. The van der Waals surface area contributed by atoms with Gasteiger partial charge in [-0.3, -0.25) is 0 Å². The third-order valence-corrected chi connectivity index (χ3v) is 4.33. The van der Waals surface area contributed by atoms with Crippen LogP contribution in [0.25, 0.3) is 11.4 Å². The van der Waals surface area contributed by atoms with Gasteiger partial charge in [-0.1, -0.05) is 23.2 Å². The van der Waals surface area contributed by atoms with Crippen molar-refractivity contribution >= 4 is 55.1 Å². The third-order valence-electron chi connectivity index (χ3n) is 1.95. The number of aromatic nitrogens is 2. The minimum atomic E-state index is -0.812. The van der Waals surface area contributed by atoms with Crippen molar-refractivity contribution in [2.45, 2.75) is 0 Å². The SMILES string of the molecule is Fc1c(Cl)nc(-c2ccc(Br)c(Br)c2)nc1Cl. The number of rotatable bonds is 1. The minimum Gasteiger partial charge on any atom is -0.213 e. The van der Waals surface area contributed by atoms with Crippen LogP contribution in [-0.2, 0) is 0 Å². The van der Waals surface area contributed by atoms with E-state index in [1.54, 1.807) is 12.1 Å². The van der Waals surface area contributed by atoms with Crippen LogP contribution in [0.15, 0.2) is 27.1 Å². The highest BCUT2D eigenvalue weighted by Gasteiger charge is 2.12. The van der Waals surface area contributed by atoms with E-state index in [1.165, 1.54) is 0 Å². The number of nitrogens with zero attached hydrogens (tertiary/aromatic N) is 2. The summed E-state index contributed by atoms with van der Waals surface area (Å²) in [7, 11) is 0. The lowest BCUT2D eigenvalue weighted by molar-refractivity contribution is 0.615. The second kappa shape index (κ2) is 5.18. The van der Waals surface area contributed by atoms with Crippen LogP contribution in [0.3, 0.4) is 0 Å². The van der Waals surface area contributed by atoms with Gasteiger partial charge in [0.15, 0.2) is 21.9 Å². The second-order valence-electron chi connectivity index (χ2n) is 3.07. The van der Waals surface area contributed by atoms with E-state index in [1.807, 2.05) is 6.07 Å². The van der Waals surface area contributed by atoms with Gasteiger partial charge in [-0.2, -0.15) is 0 Å². The van der Waals surface area contributed by atoms with Gasteiger partial charge in [-0.25, -0.2) is 14.4 Å². The summed E-state index contributed by atoms with van der Waals surface area (Å²) < 4.78 is 14.9. The summed E-state index contributed by atoms with van der Waals surface area (Å²) in [5.41, 5.74) is 0.684. The standard InChI is InChI=1S/C10H3Br2Cl2FN2/c11-5-2-1-4(3-6(5)12)10-16-8(13)7(15)9(14)17-10/h1-3H. The molecule has 0 aliphatic heterocycles. The minimum absolute atomic E-state index is 0.273. The molecule has 0 spiro atoms. The highest BCUT2D eigenvalue weighted by molar-refractivity contribution is 9.13. The first-order valence-corrected chi connectivity index (χ1v) is 6.67. The summed E-state index contributed by atoms with van der Waals surface area (Å²) in [4.78, 5) is 7.67. The van der Waals surface area contributed by atoms with E-state index in [4.69, 9.17) is 23.2 Å². The quantitative estimate of drug-likeness (QED) is 0.621. The lowest BCUT2D eigenvalue weighted by Crippen LogP contribution is -1.94. The first-order valence-electron chi connectivity index (χ1n) is 4.33. The molecule has 1 aromatic carbocycles. The highest BCUT2D eigenvalue weighted by Crippen LogP contribution is 2.29. The molecule has 2 nitrogen and oxygen atoms in total. The maximum atomic E-state index is 13.2. The molecule has 1 heterocycles. The van der Waals surface area contributed by atoms with Crippen LogP contribution in [0.5, 0.6) is 0 Å². The van der Waals surface area contributed by atoms with Gasteiger partial charge in [0.05, 0.1) is 0 Å². The largest absolute Gasteiger partial charge is 0.213 e. The molecule has 17 heavy (non-hydrogen) atoms. The summed E-state index contributed by atoms with van der Waals surface area (Å²) in [6, 6.07) is 5.37. The average Bonchev–Trinajstić information content (AvgIpc) is 2.29. The molecule has 0 aliphatic carbocycles. The molecule has 0 atom stereocenters. The molecule has 1 aromatic heterocycles. The van der Waals surface area contributed by atoms with Gasteiger partial charge in [-0.05, 0) is 50.1 Å². The van der Waals surface area contributed by atoms with Crippen LogP contribution < -0.4 is 0 Å². The summed E-state index contributed by atoms with van der Waals surface area (Å²) >= 11 is 17.9. The number of hydrogen-bond donors (Lipinski definition) is 0. The van der Waals surface area contributed by atoms with Crippen molar-refractivity contribution in [3.05, 3.63) is 43.3 Å². The van der Waals surface area contributed by atoms with Crippen molar-refractivity contribution in [1.29, 1.82) is 0 Å². The molecule has 0 aliphatic rings. The van der Waals surface area contributed by atoms with E-state index in [-0.39, 0.29) is 16.1 Å². The maximum absolute atomic E-state index is 13.2. The first-order chi connectivity index (χ1) is 7.99. The number of benzene rings is 1. The van der Waals surface area contributed by atoms with Crippen molar-refractivity contribution in [3.63, 3.8) is 0 Å². The summed E-state index contributed by atoms with van der Waals surface area (Å²) in [5.74, 6) is -0.539. The number of hydrogen-bond acceptors (Lipinski definition) is 2. The molecule has 2 aromatic rings. The van der Waals surface area contributed by atoms with E-state index in [2.05, 4.69) is 41.8 Å². The molecule has 0 unspecified atom stereocenters. The Balaban J connectivity index is 2.57. The zero-order valence-corrected chi connectivity index (χ0v) is 12.7. The Morgan fingerprint density at radius 1 is 1.00 bits per heavy atom. The zero-order valence-electron chi connectivity index (χ0n) is 8.02. The fourth-order valence-corrected chi connectivity index (χ4v) is 2.17. The average molecular weight is 401 g/mol. The van der Waals surface area contributed by atoms with E-state index in [0.29, 0.717) is 5.56 Å². The van der Waals surface area contributed by atoms with E-state index >= 15 is 0 Å². The van der Waals surface area contributed by atoms with Gasteiger partial charge >= 0.3 is 0 Å². The smallest absolute Gasteiger partial charge is 0.197 e.